The molecule has 0 radical (unpaired) electrons. The third-order valence-electron chi connectivity index (χ3n) is 5.51. The minimum Gasteiger partial charge on any atom is -0.466 e. The lowest BCUT2D eigenvalue weighted by Gasteiger charge is -2.41. The molecule has 3 N–H and O–H groups in total. The highest BCUT2D eigenvalue weighted by atomic mass is 35.5. The van der Waals surface area contributed by atoms with Gasteiger partial charge in [-0.1, -0.05) is 59.5 Å². The van der Waals surface area contributed by atoms with Crippen LogP contribution in [0.5, 0.6) is 0 Å². The summed E-state index contributed by atoms with van der Waals surface area (Å²) in [6.45, 7) is 3.01. The zero-order valence-electron chi connectivity index (χ0n) is 18.0. The van der Waals surface area contributed by atoms with Gasteiger partial charge in [0.1, 0.15) is 0 Å². The summed E-state index contributed by atoms with van der Waals surface area (Å²) < 4.78 is 28.6. The molecule has 3 rings (SSSR count). The molecule has 0 spiro atoms. The predicted octanol–water partition coefficient (Wildman–Crippen LogP) is 6.01. The summed E-state index contributed by atoms with van der Waals surface area (Å²) in [5, 5.41) is 4.07. The van der Waals surface area contributed by atoms with E-state index in [9.17, 15) is 13.9 Å². The lowest BCUT2D eigenvalue weighted by Crippen LogP contribution is -2.24. The largest absolute Gasteiger partial charge is 0.466 e. The normalized spacial score (nSPS) is 18.0. The van der Waals surface area contributed by atoms with Gasteiger partial charge in [-0.15, -0.1) is 0 Å². The number of esters is 1. The number of carbonyl (C=O) groups excluding carboxylic acids is 1. The number of hydrogen-bond donors (Lipinski definition) is 3. The molecule has 1 heterocycles. The highest BCUT2D eigenvalue weighted by molar-refractivity contribution is 8.25. The fraction of sp³-hybridized carbons (Fsp3) is 0.435. The lowest BCUT2D eigenvalue weighted by atomic mass is 9.96. The molecular weight excluding hydrogens is 436 g/mol. The lowest BCUT2D eigenvalue weighted by molar-refractivity contribution is -0.143. The van der Waals surface area contributed by atoms with Gasteiger partial charge in [0.2, 0.25) is 0 Å². The summed E-state index contributed by atoms with van der Waals surface area (Å²) in [7, 11) is -1.52. The Labute approximate surface area is 191 Å². The monoisotopic (exact) mass is 466 g/mol. The maximum absolute atomic E-state index is 11.4. The van der Waals surface area contributed by atoms with Gasteiger partial charge >= 0.3 is 5.97 Å². The van der Waals surface area contributed by atoms with E-state index in [0.29, 0.717) is 22.9 Å². The van der Waals surface area contributed by atoms with Crippen LogP contribution in [0, 0.1) is 0 Å². The van der Waals surface area contributed by atoms with Crippen molar-refractivity contribution < 1.29 is 18.6 Å². The van der Waals surface area contributed by atoms with Gasteiger partial charge < -0.3 is 10.1 Å². The number of ether oxygens (including phenoxy) is 1. The molecule has 170 valence electrons. The number of rotatable bonds is 9. The maximum Gasteiger partial charge on any atom is 0.305 e. The van der Waals surface area contributed by atoms with Crippen molar-refractivity contribution in [2.24, 2.45) is 0 Å². The zero-order valence-corrected chi connectivity index (χ0v) is 19.6. The molecule has 0 saturated heterocycles. The number of benzene rings is 2. The Morgan fingerprint density at radius 2 is 1.87 bits per heavy atom. The number of carbonyl (C=O) groups is 1. The molecule has 2 aromatic rings. The SMILES string of the molecule is CCOC(=O)CCCCCCNC1c2ccccc2N(C)S(O)(O)c2cc(Cl)ccc21. The second kappa shape index (κ2) is 10.7. The molecule has 31 heavy (non-hydrogen) atoms. The minimum atomic E-state index is -3.22. The number of hydrogen-bond acceptors (Lipinski definition) is 6. The Bertz CT molecular complexity index is 909. The zero-order chi connectivity index (χ0) is 22.4. The first-order chi connectivity index (χ1) is 14.9. The summed E-state index contributed by atoms with van der Waals surface area (Å²) in [4.78, 5) is 11.9. The molecule has 2 aromatic carbocycles. The Hall–Kier alpha value is -1.77. The number of fused-ring (bicyclic) bond motifs is 2. The highest BCUT2D eigenvalue weighted by Crippen LogP contribution is 2.59. The minimum absolute atomic E-state index is 0.130. The van der Waals surface area contributed by atoms with E-state index in [1.54, 1.807) is 23.5 Å². The van der Waals surface area contributed by atoms with E-state index in [-0.39, 0.29) is 12.0 Å². The van der Waals surface area contributed by atoms with Gasteiger partial charge in [0.05, 0.1) is 23.2 Å². The molecule has 1 unspecified atom stereocenters. The Morgan fingerprint density at radius 3 is 2.65 bits per heavy atom. The van der Waals surface area contributed by atoms with Gasteiger partial charge in [-0.05, 0) is 55.6 Å². The third-order valence-corrected chi connectivity index (χ3v) is 7.65. The Morgan fingerprint density at radius 1 is 1.13 bits per heavy atom. The van der Waals surface area contributed by atoms with Crippen molar-refractivity contribution in [2.45, 2.75) is 50.0 Å². The molecule has 0 saturated carbocycles. The topological polar surface area (TPSA) is 82.0 Å². The molecule has 0 amide bonds. The highest BCUT2D eigenvalue weighted by Gasteiger charge is 2.35. The summed E-state index contributed by atoms with van der Waals surface area (Å²) >= 11 is 6.20. The van der Waals surface area contributed by atoms with Crippen molar-refractivity contribution in [1.82, 2.24) is 5.32 Å². The van der Waals surface area contributed by atoms with Gasteiger partial charge in [-0.3, -0.25) is 18.2 Å². The van der Waals surface area contributed by atoms with Gasteiger partial charge in [0.25, 0.3) is 0 Å². The van der Waals surface area contributed by atoms with Crippen LogP contribution >= 0.6 is 22.4 Å². The van der Waals surface area contributed by atoms with E-state index in [1.165, 1.54) is 0 Å². The van der Waals surface area contributed by atoms with Gasteiger partial charge in [-0.25, -0.2) is 0 Å². The van der Waals surface area contributed by atoms with Crippen molar-refractivity contribution in [1.29, 1.82) is 0 Å². The van der Waals surface area contributed by atoms with Crippen LogP contribution in [0.2, 0.25) is 5.02 Å². The van der Waals surface area contributed by atoms with Crippen LogP contribution in [0.15, 0.2) is 47.4 Å². The molecule has 1 aliphatic heterocycles. The van der Waals surface area contributed by atoms with Crippen LogP contribution in [0.25, 0.3) is 0 Å². The number of unbranched alkanes of at least 4 members (excludes halogenated alkanes) is 3. The third kappa shape index (κ3) is 5.54. The van der Waals surface area contributed by atoms with Crippen molar-refractivity contribution in [3.8, 4) is 0 Å². The molecule has 8 heteroatoms. The predicted molar refractivity (Wildman–Crippen MR) is 127 cm³/mol. The van der Waals surface area contributed by atoms with Gasteiger partial charge in [0.15, 0.2) is 0 Å². The van der Waals surface area contributed by atoms with E-state index in [2.05, 4.69) is 5.32 Å². The average Bonchev–Trinajstić information content (AvgIpc) is 2.81. The first-order valence-corrected chi connectivity index (χ1v) is 12.5. The van der Waals surface area contributed by atoms with Crippen LogP contribution < -0.4 is 9.62 Å². The van der Waals surface area contributed by atoms with Gasteiger partial charge in [-0.2, -0.15) is 0 Å². The number of nitrogens with one attached hydrogen (secondary N) is 1. The summed E-state index contributed by atoms with van der Waals surface area (Å²) in [5.74, 6) is -0.130. The average molecular weight is 467 g/mol. The molecule has 0 aromatic heterocycles. The molecule has 0 bridgehead atoms. The second-order valence-corrected chi connectivity index (χ2v) is 10.1. The summed E-state index contributed by atoms with van der Waals surface area (Å²) in [6.07, 6.45) is 4.23. The molecular formula is C23H31ClN2O4S. The molecule has 1 atom stereocenters. The first kappa shape index (κ1) is 23.9. The van der Waals surface area contributed by atoms with E-state index < -0.39 is 10.8 Å². The van der Waals surface area contributed by atoms with Crippen molar-refractivity contribution in [3.05, 3.63) is 58.6 Å². The van der Waals surface area contributed by atoms with Crippen LogP contribution in [0.3, 0.4) is 0 Å². The Balaban J connectivity index is 1.71. The van der Waals surface area contributed by atoms with Crippen LogP contribution in [-0.4, -0.2) is 35.3 Å². The van der Waals surface area contributed by atoms with E-state index in [1.807, 2.05) is 37.3 Å². The Kier molecular flexibility index (Phi) is 8.24. The summed E-state index contributed by atoms with van der Waals surface area (Å²) in [5.41, 5.74) is 2.60. The number of para-hydroxylation sites is 1. The standard InChI is InChI=1S/C23H31ClN2O4S/c1-3-30-22(27)12-6-4-5-9-15-25-23-18-10-7-8-11-20(18)26(2)31(28,29)21-16-17(24)13-14-19(21)23/h7-8,10-11,13-14,16,23,25,28-29H,3-6,9,12,15H2,1-2H3. The smallest absolute Gasteiger partial charge is 0.305 e. The van der Waals surface area contributed by atoms with E-state index in [0.717, 1.165) is 49.0 Å². The van der Waals surface area contributed by atoms with Crippen LogP contribution in [-0.2, 0) is 9.53 Å². The fourth-order valence-corrected chi connectivity index (χ4v) is 5.66. The van der Waals surface area contributed by atoms with Crippen molar-refractivity contribution in [2.75, 3.05) is 24.5 Å². The number of halogens is 1. The van der Waals surface area contributed by atoms with Gasteiger partial charge in [0, 0.05) is 18.5 Å². The van der Waals surface area contributed by atoms with E-state index in [4.69, 9.17) is 16.3 Å². The van der Waals surface area contributed by atoms with Crippen molar-refractivity contribution in [3.63, 3.8) is 0 Å². The summed E-state index contributed by atoms with van der Waals surface area (Å²) in [6, 6.07) is 12.9. The second-order valence-electron chi connectivity index (χ2n) is 7.61. The number of nitrogens with zero attached hydrogens (tertiary/aromatic N) is 1. The maximum atomic E-state index is 11.4. The quantitative estimate of drug-likeness (QED) is 0.310. The molecule has 1 aliphatic rings. The van der Waals surface area contributed by atoms with Crippen LogP contribution in [0.4, 0.5) is 5.69 Å². The van der Waals surface area contributed by atoms with Crippen molar-refractivity contribution >= 4 is 34.0 Å². The fourth-order valence-electron chi connectivity index (χ4n) is 3.90. The van der Waals surface area contributed by atoms with E-state index >= 15 is 0 Å². The molecule has 0 fully saturated rings. The first-order valence-electron chi connectivity index (χ1n) is 10.7. The van der Waals surface area contributed by atoms with Crippen LogP contribution in [0.1, 0.15) is 56.2 Å². The number of anilines is 1. The molecule has 0 aliphatic carbocycles. The molecule has 6 nitrogen and oxygen atoms in total.